The summed E-state index contributed by atoms with van der Waals surface area (Å²) in [6.45, 7) is 7.09. The Balaban J connectivity index is 1.42. The van der Waals surface area contributed by atoms with Crippen LogP contribution in [0, 0.1) is 12.8 Å². The van der Waals surface area contributed by atoms with E-state index in [-0.39, 0.29) is 46.4 Å². The van der Waals surface area contributed by atoms with E-state index >= 15 is 0 Å². The maximum Gasteiger partial charge on any atom is 0.262 e. The summed E-state index contributed by atoms with van der Waals surface area (Å²) in [6, 6.07) is 29.8. The lowest BCUT2D eigenvalue weighted by molar-refractivity contribution is 0.0344. The van der Waals surface area contributed by atoms with Crippen molar-refractivity contribution in [2.45, 2.75) is 44.4 Å². The van der Waals surface area contributed by atoms with Crippen LogP contribution < -0.4 is 9.46 Å². The second-order valence-electron chi connectivity index (χ2n) is 12.0. The van der Waals surface area contributed by atoms with E-state index < -0.39 is 16.1 Å². The summed E-state index contributed by atoms with van der Waals surface area (Å²) in [5.74, 6) is -0.258. The van der Waals surface area contributed by atoms with Crippen LogP contribution in [0.1, 0.15) is 35.3 Å². The molecule has 0 aromatic heterocycles. The van der Waals surface area contributed by atoms with E-state index in [4.69, 9.17) is 4.74 Å². The Morgan fingerprint density at radius 3 is 2.29 bits per heavy atom. The number of hydrogen-bond acceptors (Lipinski definition) is 6. The fourth-order valence-corrected chi connectivity index (χ4v) is 6.64. The Labute approximate surface area is 266 Å². The number of carbonyl (C=O) groups is 1. The normalized spacial score (nSPS) is 17.6. The second kappa shape index (κ2) is 13.9. The summed E-state index contributed by atoms with van der Waals surface area (Å²) < 4.78 is 36.1. The summed E-state index contributed by atoms with van der Waals surface area (Å²) in [6.07, 6.45) is -0.385. The molecule has 9 heteroatoms. The number of rotatable bonds is 10. The number of aliphatic hydroxyl groups excluding tert-OH is 1. The molecule has 0 spiro atoms. The monoisotopic (exact) mass is 627 g/mol. The summed E-state index contributed by atoms with van der Waals surface area (Å²) in [4.78, 5) is 17.7. The number of para-hydroxylation sites is 1. The second-order valence-corrected chi connectivity index (χ2v) is 13.7. The molecular formula is C36H41N3O5S. The molecule has 0 radical (unpaired) electrons. The van der Waals surface area contributed by atoms with Crippen molar-refractivity contribution < 1.29 is 23.1 Å². The van der Waals surface area contributed by atoms with Gasteiger partial charge in [0.1, 0.15) is 6.10 Å². The lowest BCUT2D eigenvalue weighted by Gasteiger charge is -2.38. The number of aryl methyl sites for hydroxylation is 1. The van der Waals surface area contributed by atoms with Gasteiger partial charge in [0.05, 0.1) is 28.8 Å². The van der Waals surface area contributed by atoms with Crippen LogP contribution in [0.4, 0.5) is 5.69 Å². The van der Waals surface area contributed by atoms with Crippen LogP contribution in [0.5, 0.6) is 5.75 Å². The van der Waals surface area contributed by atoms with Gasteiger partial charge in [0.15, 0.2) is 5.75 Å². The average Bonchev–Trinajstić information content (AvgIpc) is 3.03. The molecule has 1 heterocycles. The highest BCUT2D eigenvalue weighted by Gasteiger charge is 2.35. The molecule has 4 aromatic rings. The molecule has 0 saturated heterocycles. The molecule has 0 bridgehead atoms. The SMILES string of the molecule is Cc1ccc(S(=O)(=O)Nc2cccc3c2O[C@H](CN(C)Cc2ccc(-c4ccccc4)cc2)[C@H](C)CN([C@H](C)CO)C3=O)cc1. The Morgan fingerprint density at radius 1 is 0.956 bits per heavy atom. The summed E-state index contributed by atoms with van der Waals surface area (Å²) in [7, 11) is -1.94. The highest BCUT2D eigenvalue weighted by molar-refractivity contribution is 7.92. The van der Waals surface area contributed by atoms with Gasteiger partial charge in [-0.3, -0.25) is 14.4 Å². The van der Waals surface area contributed by atoms with Crippen molar-refractivity contribution in [3.8, 4) is 16.9 Å². The van der Waals surface area contributed by atoms with Gasteiger partial charge in [0.2, 0.25) is 0 Å². The molecule has 4 aromatic carbocycles. The number of likely N-dealkylation sites (N-methyl/N-ethyl adjacent to an activating group) is 1. The molecule has 1 aliphatic heterocycles. The van der Waals surface area contributed by atoms with Gasteiger partial charge in [0.25, 0.3) is 15.9 Å². The highest BCUT2D eigenvalue weighted by Crippen LogP contribution is 2.36. The van der Waals surface area contributed by atoms with E-state index in [9.17, 15) is 18.3 Å². The minimum atomic E-state index is -3.96. The molecule has 1 aliphatic rings. The standard InChI is InChI=1S/C36H41N3O5S/c1-25-13-19-31(20-14-25)45(42,43)37-33-12-8-11-32-35(33)44-34(26(2)21-39(36(32)41)27(3)24-40)23-38(4)22-28-15-17-30(18-16-28)29-9-6-5-7-10-29/h5-20,26-27,34,37,40H,21-24H2,1-4H3/t26-,27-,34-/m1/s1. The summed E-state index contributed by atoms with van der Waals surface area (Å²) in [5.41, 5.74) is 4.84. The van der Waals surface area contributed by atoms with E-state index in [0.29, 0.717) is 19.6 Å². The third-order valence-electron chi connectivity index (χ3n) is 8.27. The lowest BCUT2D eigenvalue weighted by atomic mass is 9.98. The van der Waals surface area contributed by atoms with Crippen molar-refractivity contribution in [2.75, 3.05) is 31.5 Å². The number of sulfonamides is 1. The molecular weight excluding hydrogens is 586 g/mol. The molecule has 3 atom stereocenters. The Kier molecular flexibility index (Phi) is 9.92. The quantitative estimate of drug-likeness (QED) is 0.230. The number of nitrogens with zero attached hydrogens (tertiary/aromatic N) is 2. The molecule has 0 saturated carbocycles. The number of nitrogens with one attached hydrogen (secondary N) is 1. The maximum absolute atomic E-state index is 13.8. The van der Waals surface area contributed by atoms with Crippen molar-refractivity contribution in [2.24, 2.45) is 5.92 Å². The first kappa shape index (κ1) is 32.2. The van der Waals surface area contributed by atoms with Crippen LogP contribution in [-0.2, 0) is 16.6 Å². The van der Waals surface area contributed by atoms with Crippen molar-refractivity contribution >= 4 is 21.6 Å². The highest BCUT2D eigenvalue weighted by atomic mass is 32.2. The molecule has 0 aliphatic carbocycles. The first-order valence-electron chi connectivity index (χ1n) is 15.2. The molecule has 236 valence electrons. The molecule has 0 unspecified atom stereocenters. The van der Waals surface area contributed by atoms with Gasteiger partial charge in [0, 0.05) is 25.6 Å². The number of benzene rings is 4. The van der Waals surface area contributed by atoms with Crippen LogP contribution in [0.2, 0.25) is 0 Å². The first-order valence-corrected chi connectivity index (χ1v) is 16.7. The van der Waals surface area contributed by atoms with E-state index in [2.05, 4.69) is 46.0 Å². The van der Waals surface area contributed by atoms with Gasteiger partial charge in [-0.05, 0) is 61.9 Å². The van der Waals surface area contributed by atoms with Crippen molar-refractivity contribution in [3.63, 3.8) is 0 Å². The average molecular weight is 628 g/mol. The fourth-order valence-electron chi connectivity index (χ4n) is 5.58. The van der Waals surface area contributed by atoms with Crippen molar-refractivity contribution in [1.29, 1.82) is 0 Å². The predicted molar refractivity (Wildman–Crippen MR) is 178 cm³/mol. The predicted octanol–water partition coefficient (Wildman–Crippen LogP) is 5.81. The topological polar surface area (TPSA) is 99.2 Å². The smallest absolute Gasteiger partial charge is 0.262 e. The Morgan fingerprint density at radius 2 is 1.62 bits per heavy atom. The molecule has 5 rings (SSSR count). The summed E-state index contributed by atoms with van der Waals surface area (Å²) in [5, 5.41) is 10.00. The minimum Gasteiger partial charge on any atom is -0.486 e. The van der Waals surface area contributed by atoms with Gasteiger partial charge in [-0.1, -0.05) is 85.3 Å². The maximum atomic E-state index is 13.8. The van der Waals surface area contributed by atoms with Gasteiger partial charge in [-0.2, -0.15) is 0 Å². The van der Waals surface area contributed by atoms with Gasteiger partial charge < -0.3 is 14.7 Å². The fraction of sp³-hybridized carbons (Fsp3) is 0.306. The number of aliphatic hydroxyl groups is 1. The zero-order chi connectivity index (χ0) is 32.1. The van der Waals surface area contributed by atoms with E-state index in [1.807, 2.05) is 39.1 Å². The summed E-state index contributed by atoms with van der Waals surface area (Å²) >= 11 is 0. The van der Waals surface area contributed by atoms with E-state index in [1.165, 1.54) is 0 Å². The molecule has 2 N–H and O–H groups in total. The number of amides is 1. The number of carbonyl (C=O) groups excluding carboxylic acids is 1. The number of anilines is 1. The van der Waals surface area contributed by atoms with E-state index in [0.717, 1.165) is 22.3 Å². The van der Waals surface area contributed by atoms with Crippen molar-refractivity contribution in [3.05, 3.63) is 114 Å². The van der Waals surface area contributed by atoms with Crippen LogP contribution in [-0.4, -0.2) is 68.1 Å². The lowest BCUT2D eigenvalue weighted by Crippen LogP contribution is -2.49. The number of fused-ring (bicyclic) bond motifs is 1. The van der Waals surface area contributed by atoms with Crippen molar-refractivity contribution in [1.82, 2.24) is 9.80 Å². The minimum absolute atomic E-state index is 0.112. The largest absolute Gasteiger partial charge is 0.486 e. The molecule has 45 heavy (non-hydrogen) atoms. The zero-order valence-corrected chi connectivity index (χ0v) is 27.0. The van der Waals surface area contributed by atoms with Gasteiger partial charge in [-0.25, -0.2) is 8.42 Å². The zero-order valence-electron chi connectivity index (χ0n) is 26.2. The molecule has 1 amide bonds. The van der Waals surface area contributed by atoms with Crippen LogP contribution >= 0.6 is 0 Å². The Bertz CT molecular complexity index is 1710. The molecule has 0 fully saturated rings. The number of ether oxygens (including phenoxy) is 1. The third-order valence-corrected chi connectivity index (χ3v) is 9.65. The first-order chi connectivity index (χ1) is 21.6. The number of hydrogen-bond donors (Lipinski definition) is 2. The van der Waals surface area contributed by atoms with Gasteiger partial charge >= 0.3 is 0 Å². The van der Waals surface area contributed by atoms with Crippen LogP contribution in [0.3, 0.4) is 0 Å². The van der Waals surface area contributed by atoms with Crippen LogP contribution in [0.15, 0.2) is 102 Å². The van der Waals surface area contributed by atoms with E-state index in [1.54, 1.807) is 54.3 Å². The Hall–Kier alpha value is -4.18. The van der Waals surface area contributed by atoms with Gasteiger partial charge in [-0.15, -0.1) is 0 Å². The molecule has 8 nitrogen and oxygen atoms in total. The third kappa shape index (κ3) is 7.56. The van der Waals surface area contributed by atoms with Crippen LogP contribution in [0.25, 0.3) is 11.1 Å².